The molecule has 1 aromatic heterocycles. The lowest BCUT2D eigenvalue weighted by Crippen LogP contribution is -2.34. The monoisotopic (exact) mass is 295 g/mol. The van der Waals surface area contributed by atoms with Crippen LogP contribution in [0.4, 0.5) is 13.2 Å². The zero-order valence-electron chi connectivity index (χ0n) is 11.3. The zero-order valence-corrected chi connectivity index (χ0v) is 11.3. The normalized spacial score (nSPS) is 32.2. The summed E-state index contributed by atoms with van der Waals surface area (Å²) in [6, 6.07) is 3.71. The Morgan fingerprint density at radius 1 is 1.19 bits per heavy atom. The number of hydrogen-bond donors (Lipinski definition) is 2. The van der Waals surface area contributed by atoms with Gasteiger partial charge in [0.15, 0.2) is 0 Å². The Kier molecular flexibility index (Phi) is 2.64. The van der Waals surface area contributed by atoms with Gasteiger partial charge in [-0.25, -0.2) is 4.98 Å². The molecule has 1 heterocycles. The number of hydrogen-bond acceptors (Lipinski definition) is 2. The van der Waals surface area contributed by atoms with Gasteiger partial charge in [0, 0.05) is 12.0 Å². The van der Waals surface area contributed by atoms with Crippen LogP contribution in [-0.4, -0.2) is 16.0 Å². The maximum absolute atomic E-state index is 12.8. The van der Waals surface area contributed by atoms with E-state index in [0.29, 0.717) is 22.9 Å². The van der Waals surface area contributed by atoms with E-state index in [1.807, 2.05) is 0 Å². The van der Waals surface area contributed by atoms with Crippen molar-refractivity contribution in [3.05, 3.63) is 29.6 Å². The van der Waals surface area contributed by atoms with Crippen molar-refractivity contribution < 1.29 is 13.2 Å². The first-order valence-corrected chi connectivity index (χ1v) is 7.26. The molecular formula is C15H16F3N3. The standard InChI is InChI=1S/C15H16F3N3/c16-15(17,18)9-3-4-10-11(6-9)21-14(20-10)12-7-1-2-8(5-7)13(12)19/h3-4,6-8,12-13H,1-2,5,19H2,(H,20,21). The number of benzene rings is 1. The SMILES string of the molecule is NC1C2CCC(C2)C1c1nc2ccc(C(F)(F)F)cc2[nH]1. The van der Waals surface area contributed by atoms with Crippen LogP contribution >= 0.6 is 0 Å². The van der Waals surface area contributed by atoms with E-state index in [1.54, 1.807) is 0 Å². The van der Waals surface area contributed by atoms with Crippen LogP contribution in [0.5, 0.6) is 0 Å². The summed E-state index contributed by atoms with van der Waals surface area (Å²) < 4.78 is 38.3. The second-order valence-electron chi connectivity index (χ2n) is 6.29. The fourth-order valence-electron chi connectivity index (χ4n) is 4.11. The summed E-state index contributed by atoms with van der Waals surface area (Å²) in [6.07, 6.45) is -0.895. The Bertz CT molecular complexity index is 689. The van der Waals surface area contributed by atoms with E-state index in [0.717, 1.165) is 30.8 Å². The Morgan fingerprint density at radius 3 is 2.62 bits per heavy atom. The first-order valence-electron chi connectivity index (χ1n) is 7.26. The number of H-pyrrole nitrogens is 1. The molecule has 0 amide bonds. The van der Waals surface area contributed by atoms with Crippen molar-refractivity contribution in [1.82, 2.24) is 9.97 Å². The number of aromatic nitrogens is 2. The summed E-state index contributed by atoms with van der Waals surface area (Å²) in [5.74, 6) is 1.97. The maximum atomic E-state index is 12.8. The fraction of sp³-hybridized carbons (Fsp3) is 0.533. The summed E-state index contributed by atoms with van der Waals surface area (Å²) in [6.45, 7) is 0. The van der Waals surface area contributed by atoms with Crippen LogP contribution in [0.15, 0.2) is 18.2 Å². The second-order valence-corrected chi connectivity index (χ2v) is 6.29. The van der Waals surface area contributed by atoms with E-state index in [-0.39, 0.29) is 12.0 Å². The topological polar surface area (TPSA) is 54.7 Å². The summed E-state index contributed by atoms with van der Waals surface area (Å²) in [5.41, 5.74) is 6.64. The minimum atomic E-state index is -4.33. The number of nitrogens with one attached hydrogen (secondary N) is 1. The van der Waals surface area contributed by atoms with E-state index in [2.05, 4.69) is 9.97 Å². The molecule has 0 radical (unpaired) electrons. The van der Waals surface area contributed by atoms with Crippen LogP contribution in [-0.2, 0) is 6.18 Å². The first kappa shape index (κ1) is 13.1. The molecule has 2 aliphatic carbocycles. The lowest BCUT2D eigenvalue weighted by atomic mass is 9.84. The Hall–Kier alpha value is -1.56. The predicted molar refractivity (Wildman–Crippen MR) is 72.6 cm³/mol. The van der Waals surface area contributed by atoms with Gasteiger partial charge in [-0.15, -0.1) is 0 Å². The van der Waals surface area contributed by atoms with Gasteiger partial charge in [-0.2, -0.15) is 13.2 Å². The molecular weight excluding hydrogens is 279 g/mol. The van der Waals surface area contributed by atoms with Crippen LogP contribution in [0.2, 0.25) is 0 Å². The van der Waals surface area contributed by atoms with Crippen molar-refractivity contribution in [1.29, 1.82) is 0 Å². The molecule has 3 nitrogen and oxygen atoms in total. The van der Waals surface area contributed by atoms with Crippen LogP contribution in [0.3, 0.4) is 0 Å². The summed E-state index contributed by atoms with van der Waals surface area (Å²) in [5, 5.41) is 0. The smallest absolute Gasteiger partial charge is 0.342 e. The van der Waals surface area contributed by atoms with E-state index < -0.39 is 11.7 Å². The van der Waals surface area contributed by atoms with E-state index in [4.69, 9.17) is 5.73 Å². The number of nitrogens with zero attached hydrogens (tertiary/aromatic N) is 1. The molecule has 21 heavy (non-hydrogen) atoms. The predicted octanol–water partition coefficient (Wildman–Crippen LogP) is 3.42. The average molecular weight is 295 g/mol. The van der Waals surface area contributed by atoms with Crippen molar-refractivity contribution >= 4 is 11.0 Å². The molecule has 0 saturated heterocycles. The molecule has 2 aliphatic rings. The second kappa shape index (κ2) is 4.22. The highest BCUT2D eigenvalue weighted by atomic mass is 19.4. The average Bonchev–Trinajstić information content (AvgIpc) is 3.09. The molecule has 2 saturated carbocycles. The van der Waals surface area contributed by atoms with Crippen LogP contribution in [0, 0.1) is 11.8 Å². The van der Waals surface area contributed by atoms with Crippen molar-refractivity contribution in [2.75, 3.05) is 0 Å². The molecule has 2 aromatic rings. The molecule has 3 N–H and O–H groups in total. The van der Waals surface area contributed by atoms with Gasteiger partial charge in [0.05, 0.1) is 16.6 Å². The molecule has 2 bridgehead atoms. The molecule has 4 atom stereocenters. The number of alkyl halides is 3. The van der Waals surface area contributed by atoms with Gasteiger partial charge in [0.1, 0.15) is 5.82 Å². The van der Waals surface area contributed by atoms with Gasteiger partial charge in [-0.3, -0.25) is 0 Å². The molecule has 6 heteroatoms. The molecule has 0 spiro atoms. The fourth-order valence-corrected chi connectivity index (χ4v) is 4.11. The van der Waals surface area contributed by atoms with Crippen LogP contribution in [0.25, 0.3) is 11.0 Å². The number of halogens is 3. The third-order valence-electron chi connectivity index (χ3n) is 5.12. The van der Waals surface area contributed by atoms with Crippen molar-refractivity contribution in [2.24, 2.45) is 17.6 Å². The van der Waals surface area contributed by atoms with Crippen molar-refractivity contribution in [3.63, 3.8) is 0 Å². The van der Waals surface area contributed by atoms with Gasteiger partial charge in [0.25, 0.3) is 0 Å². The molecule has 1 aromatic carbocycles. The first-order chi connectivity index (χ1) is 9.93. The maximum Gasteiger partial charge on any atom is 0.416 e. The lowest BCUT2D eigenvalue weighted by molar-refractivity contribution is -0.137. The van der Waals surface area contributed by atoms with Gasteiger partial charge in [-0.1, -0.05) is 0 Å². The van der Waals surface area contributed by atoms with Gasteiger partial charge < -0.3 is 10.7 Å². The quantitative estimate of drug-likeness (QED) is 0.847. The summed E-state index contributed by atoms with van der Waals surface area (Å²) in [4.78, 5) is 7.56. The van der Waals surface area contributed by atoms with E-state index in [9.17, 15) is 13.2 Å². The van der Waals surface area contributed by atoms with E-state index in [1.165, 1.54) is 12.5 Å². The van der Waals surface area contributed by atoms with Gasteiger partial charge in [0.2, 0.25) is 0 Å². The largest absolute Gasteiger partial charge is 0.416 e. The summed E-state index contributed by atoms with van der Waals surface area (Å²) >= 11 is 0. The highest BCUT2D eigenvalue weighted by Gasteiger charge is 2.47. The third kappa shape index (κ3) is 1.96. The van der Waals surface area contributed by atoms with E-state index >= 15 is 0 Å². The number of nitrogens with two attached hydrogens (primary N) is 1. The molecule has 4 unspecified atom stereocenters. The number of fused-ring (bicyclic) bond motifs is 3. The van der Waals surface area contributed by atoms with Crippen LogP contribution < -0.4 is 5.73 Å². The zero-order chi connectivity index (χ0) is 14.8. The molecule has 0 aliphatic heterocycles. The Morgan fingerprint density at radius 2 is 1.95 bits per heavy atom. The molecule has 112 valence electrons. The van der Waals surface area contributed by atoms with Gasteiger partial charge >= 0.3 is 6.18 Å². The highest BCUT2D eigenvalue weighted by Crippen LogP contribution is 2.51. The van der Waals surface area contributed by atoms with Gasteiger partial charge in [-0.05, 0) is 49.3 Å². The highest BCUT2D eigenvalue weighted by molar-refractivity contribution is 5.76. The lowest BCUT2D eigenvalue weighted by Gasteiger charge is -2.26. The van der Waals surface area contributed by atoms with Crippen molar-refractivity contribution in [2.45, 2.75) is 37.4 Å². The summed E-state index contributed by atoms with van der Waals surface area (Å²) in [7, 11) is 0. The minimum Gasteiger partial charge on any atom is -0.342 e. The molecule has 2 fully saturated rings. The van der Waals surface area contributed by atoms with Crippen LogP contribution in [0.1, 0.15) is 36.6 Å². The Balaban J connectivity index is 1.74. The Labute approximate surface area is 119 Å². The minimum absolute atomic E-state index is 0.0754. The number of aromatic amines is 1. The number of imidazole rings is 1. The molecule has 4 rings (SSSR count). The third-order valence-corrected chi connectivity index (χ3v) is 5.12. The number of rotatable bonds is 1. The van der Waals surface area contributed by atoms with Crippen molar-refractivity contribution in [3.8, 4) is 0 Å².